The number of nitrogens with zero attached hydrogens (tertiary/aromatic N) is 5. The van der Waals surface area contributed by atoms with Crippen LogP contribution in [0.4, 0.5) is 23.2 Å². The fraction of sp³-hybridized carbons (Fsp3) is 0.214. The summed E-state index contributed by atoms with van der Waals surface area (Å²) in [6.07, 6.45) is -1.80. The van der Waals surface area contributed by atoms with Gasteiger partial charge in [0.15, 0.2) is 28.5 Å². The third kappa shape index (κ3) is 6.13. The average Bonchev–Trinajstić information content (AvgIpc) is 3.56. The van der Waals surface area contributed by atoms with E-state index in [-0.39, 0.29) is 22.6 Å². The zero-order chi connectivity index (χ0) is 29.1. The first-order valence-corrected chi connectivity index (χ1v) is 12.6. The summed E-state index contributed by atoms with van der Waals surface area (Å²) in [5, 5.41) is 10.7. The molecule has 13 heteroatoms. The van der Waals surface area contributed by atoms with Crippen LogP contribution < -0.4 is 14.8 Å². The van der Waals surface area contributed by atoms with E-state index in [9.17, 15) is 22.4 Å². The lowest BCUT2D eigenvalue weighted by Gasteiger charge is -2.12. The van der Waals surface area contributed by atoms with Gasteiger partial charge in [-0.2, -0.15) is 23.4 Å². The Kier molecular flexibility index (Phi) is 7.60. The second-order valence-electron chi connectivity index (χ2n) is 8.86. The fourth-order valence-corrected chi connectivity index (χ4v) is 4.15. The molecule has 0 aliphatic carbocycles. The monoisotopic (exact) mass is 568 g/mol. The number of amides is 1. The van der Waals surface area contributed by atoms with Gasteiger partial charge in [-0.25, -0.2) is 13.9 Å². The molecule has 1 N–H and O–H groups in total. The van der Waals surface area contributed by atoms with Gasteiger partial charge in [0.1, 0.15) is 5.82 Å². The topological polar surface area (TPSA) is 95.6 Å². The Balaban J connectivity index is 1.36. The number of carbonyl (C=O) groups excluding carboxylic acids is 1. The molecule has 0 spiro atoms. The molecule has 0 saturated heterocycles. The van der Waals surface area contributed by atoms with Crippen molar-refractivity contribution >= 4 is 17.2 Å². The highest BCUT2D eigenvalue weighted by Gasteiger charge is 2.35. The Labute approximate surface area is 231 Å². The van der Waals surface area contributed by atoms with Crippen LogP contribution >= 0.6 is 0 Å². The van der Waals surface area contributed by atoms with Crippen molar-refractivity contribution in [1.29, 1.82) is 0 Å². The normalized spacial score (nSPS) is 11.6. The van der Waals surface area contributed by atoms with E-state index in [0.717, 1.165) is 29.8 Å². The molecule has 5 rings (SSSR count). The minimum Gasteiger partial charge on any atom is -0.490 e. The largest absolute Gasteiger partial charge is 0.490 e. The number of carbonyl (C=O) groups is 1. The van der Waals surface area contributed by atoms with Crippen LogP contribution in [-0.2, 0) is 12.7 Å². The van der Waals surface area contributed by atoms with Gasteiger partial charge in [-0.3, -0.25) is 9.48 Å². The summed E-state index contributed by atoms with van der Waals surface area (Å²) in [4.78, 5) is 17.1. The number of benzene rings is 2. The van der Waals surface area contributed by atoms with Gasteiger partial charge in [0, 0.05) is 17.8 Å². The summed E-state index contributed by atoms with van der Waals surface area (Å²) in [5.41, 5.74) is -0.171. The molecule has 0 aliphatic heterocycles. The maximum absolute atomic E-state index is 13.9. The molecular weight excluding hydrogens is 544 g/mol. The number of fused-ring (bicyclic) bond motifs is 1. The first-order valence-electron chi connectivity index (χ1n) is 12.6. The lowest BCUT2D eigenvalue weighted by atomic mass is 10.1. The van der Waals surface area contributed by atoms with E-state index in [1.165, 1.54) is 18.3 Å². The van der Waals surface area contributed by atoms with Gasteiger partial charge < -0.3 is 14.8 Å². The minimum atomic E-state index is -4.79. The summed E-state index contributed by atoms with van der Waals surface area (Å²) >= 11 is 0. The number of aromatic nitrogens is 5. The van der Waals surface area contributed by atoms with E-state index in [4.69, 9.17) is 9.47 Å². The van der Waals surface area contributed by atoms with E-state index in [1.54, 1.807) is 10.9 Å². The molecule has 9 nitrogen and oxygen atoms in total. The first-order chi connectivity index (χ1) is 19.6. The summed E-state index contributed by atoms with van der Waals surface area (Å²) in [6.45, 7) is 5.08. The van der Waals surface area contributed by atoms with Crippen LogP contribution in [-0.4, -0.2) is 43.5 Å². The summed E-state index contributed by atoms with van der Waals surface area (Å²) < 4.78 is 68.3. The predicted octanol–water partition coefficient (Wildman–Crippen LogP) is 5.85. The highest BCUT2D eigenvalue weighted by Crippen LogP contribution is 2.33. The second-order valence-corrected chi connectivity index (χ2v) is 8.86. The predicted molar refractivity (Wildman–Crippen MR) is 141 cm³/mol. The Hall–Kier alpha value is -4.94. The van der Waals surface area contributed by atoms with Gasteiger partial charge in [0.2, 0.25) is 0 Å². The van der Waals surface area contributed by atoms with Crippen molar-refractivity contribution in [3.8, 4) is 22.8 Å². The molecule has 0 unspecified atom stereocenters. The van der Waals surface area contributed by atoms with Crippen LogP contribution in [0.25, 0.3) is 16.9 Å². The molecule has 5 aromatic rings. The van der Waals surface area contributed by atoms with Crippen LogP contribution in [0.5, 0.6) is 11.5 Å². The number of alkyl halides is 3. The van der Waals surface area contributed by atoms with Crippen molar-refractivity contribution in [2.24, 2.45) is 0 Å². The summed E-state index contributed by atoms with van der Waals surface area (Å²) in [7, 11) is 0. The lowest BCUT2D eigenvalue weighted by Crippen LogP contribution is -2.15. The van der Waals surface area contributed by atoms with Gasteiger partial charge in [-0.05, 0) is 61.9 Å². The maximum Gasteiger partial charge on any atom is 0.433 e. The molecule has 0 aliphatic rings. The number of nitrogens with one attached hydrogen (secondary N) is 1. The summed E-state index contributed by atoms with van der Waals surface area (Å²) in [5.74, 6) is -0.0424. The summed E-state index contributed by atoms with van der Waals surface area (Å²) in [6, 6.07) is 12.4. The van der Waals surface area contributed by atoms with Crippen molar-refractivity contribution in [2.75, 3.05) is 18.5 Å². The SMILES string of the molecule is CCOc1ccc(Cn2cc(NC(=O)c3cc4nc(-c5ccc(F)cc5)cc(C(F)(F)F)n4n3)cn2)cc1OCC. The highest BCUT2D eigenvalue weighted by atomic mass is 19.4. The first kappa shape index (κ1) is 27.6. The smallest absolute Gasteiger partial charge is 0.433 e. The van der Waals surface area contributed by atoms with Gasteiger partial charge in [-0.1, -0.05) is 6.07 Å². The van der Waals surface area contributed by atoms with Gasteiger partial charge in [0.25, 0.3) is 5.91 Å². The molecule has 0 atom stereocenters. The maximum atomic E-state index is 13.9. The van der Waals surface area contributed by atoms with Crippen molar-refractivity contribution in [1.82, 2.24) is 24.4 Å². The molecule has 1 amide bonds. The molecular formula is C28H24F4N6O3. The van der Waals surface area contributed by atoms with Crippen LogP contribution in [0.2, 0.25) is 0 Å². The second kappa shape index (κ2) is 11.3. The van der Waals surface area contributed by atoms with Crippen LogP contribution in [0, 0.1) is 5.82 Å². The van der Waals surface area contributed by atoms with Crippen LogP contribution in [0.1, 0.15) is 35.6 Å². The Bertz CT molecular complexity index is 1700. The Morgan fingerprint density at radius 3 is 2.41 bits per heavy atom. The lowest BCUT2D eigenvalue weighted by molar-refractivity contribution is -0.142. The van der Waals surface area contributed by atoms with Crippen molar-refractivity contribution in [3.05, 3.63) is 89.8 Å². The van der Waals surface area contributed by atoms with Crippen molar-refractivity contribution < 1.29 is 31.8 Å². The van der Waals surface area contributed by atoms with E-state index >= 15 is 0 Å². The number of halogens is 4. The van der Waals surface area contributed by atoms with E-state index < -0.39 is 23.6 Å². The van der Waals surface area contributed by atoms with Crippen molar-refractivity contribution in [2.45, 2.75) is 26.6 Å². The average molecular weight is 569 g/mol. The molecule has 2 aromatic carbocycles. The van der Waals surface area contributed by atoms with Gasteiger partial charge >= 0.3 is 6.18 Å². The van der Waals surface area contributed by atoms with Crippen LogP contribution in [0.3, 0.4) is 0 Å². The molecule has 0 radical (unpaired) electrons. The highest BCUT2D eigenvalue weighted by molar-refractivity contribution is 6.03. The van der Waals surface area contributed by atoms with Gasteiger partial charge in [-0.15, -0.1) is 0 Å². The molecule has 3 aromatic heterocycles. The van der Waals surface area contributed by atoms with E-state index in [0.29, 0.717) is 41.5 Å². The van der Waals surface area contributed by atoms with Crippen molar-refractivity contribution in [3.63, 3.8) is 0 Å². The minimum absolute atomic E-state index is 0.0419. The molecule has 212 valence electrons. The standard InChI is InChI=1S/C28H24F4N6O3/c1-3-40-23-10-5-17(11-24(23)41-4-2)15-37-16-20(14-33-37)34-27(39)22-13-26-35-21(18-6-8-19(29)9-7-18)12-25(28(30,31)32)38(26)36-22/h5-14,16H,3-4,15H2,1-2H3,(H,34,39). The number of rotatable bonds is 9. The Morgan fingerprint density at radius 1 is 0.976 bits per heavy atom. The number of hydrogen-bond acceptors (Lipinski definition) is 6. The third-order valence-electron chi connectivity index (χ3n) is 5.93. The number of hydrogen-bond donors (Lipinski definition) is 1. The molecule has 0 bridgehead atoms. The molecule has 3 heterocycles. The molecule has 41 heavy (non-hydrogen) atoms. The zero-order valence-corrected chi connectivity index (χ0v) is 21.9. The molecule has 0 saturated carbocycles. The number of anilines is 1. The quantitative estimate of drug-likeness (QED) is 0.224. The zero-order valence-electron chi connectivity index (χ0n) is 21.9. The fourth-order valence-electron chi connectivity index (χ4n) is 4.15. The number of ether oxygens (including phenoxy) is 2. The third-order valence-corrected chi connectivity index (χ3v) is 5.93. The Morgan fingerprint density at radius 2 is 1.71 bits per heavy atom. The van der Waals surface area contributed by atoms with E-state index in [1.807, 2.05) is 32.0 Å². The van der Waals surface area contributed by atoms with Gasteiger partial charge in [0.05, 0.1) is 37.3 Å². The van der Waals surface area contributed by atoms with Crippen LogP contribution in [0.15, 0.2) is 67.0 Å². The van der Waals surface area contributed by atoms with E-state index in [2.05, 4.69) is 20.5 Å². The molecule has 0 fully saturated rings.